The Morgan fingerprint density at radius 1 is 1.21 bits per heavy atom. The number of hydrogen-bond donors (Lipinski definition) is 1. The molecule has 122 valence electrons. The van der Waals surface area contributed by atoms with Crippen molar-refractivity contribution in [3.63, 3.8) is 0 Å². The van der Waals surface area contributed by atoms with Crippen molar-refractivity contribution in [2.75, 3.05) is 11.4 Å². The number of hydrogen-bond acceptors (Lipinski definition) is 4. The number of nitrogens with two attached hydrogens (primary N) is 1. The predicted octanol–water partition coefficient (Wildman–Crippen LogP) is 3.60. The molecule has 2 aromatic rings. The van der Waals surface area contributed by atoms with Crippen molar-refractivity contribution in [2.45, 2.75) is 26.8 Å². The Kier molecular flexibility index (Phi) is 3.32. The van der Waals surface area contributed by atoms with Crippen LogP contribution in [0, 0.1) is 12.3 Å². The average Bonchev–Trinajstić information content (AvgIpc) is 2.94. The van der Waals surface area contributed by atoms with Crippen LogP contribution in [0.5, 0.6) is 0 Å². The first-order chi connectivity index (χ1) is 11.5. The topological polar surface area (TPSA) is 58.7 Å². The SMILES string of the molecule is Cc1ccc2c(c1)C(=O)[C@]1(C)CCN(c3ccc(CN)cc3)C1=N2. The van der Waals surface area contributed by atoms with E-state index in [1.807, 2.05) is 44.2 Å². The summed E-state index contributed by atoms with van der Waals surface area (Å²) in [6.07, 6.45) is 0.788. The van der Waals surface area contributed by atoms with Gasteiger partial charge in [0.1, 0.15) is 5.84 Å². The number of rotatable bonds is 2. The van der Waals surface area contributed by atoms with Crippen LogP contribution in [-0.4, -0.2) is 18.2 Å². The zero-order chi connectivity index (χ0) is 16.9. The van der Waals surface area contributed by atoms with E-state index in [0.29, 0.717) is 6.54 Å². The van der Waals surface area contributed by atoms with Crippen LogP contribution in [0.2, 0.25) is 0 Å². The van der Waals surface area contributed by atoms with Crippen LogP contribution in [0.1, 0.15) is 34.8 Å². The van der Waals surface area contributed by atoms with Crippen molar-refractivity contribution in [1.82, 2.24) is 0 Å². The number of fused-ring (bicyclic) bond motifs is 2. The Balaban J connectivity index is 1.81. The molecule has 0 aromatic heterocycles. The fraction of sp³-hybridized carbons (Fsp3) is 0.300. The largest absolute Gasteiger partial charge is 0.329 e. The van der Waals surface area contributed by atoms with Gasteiger partial charge in [0.2, 0.25) is 0 Å². The second kappa shape index (κ2) is 5.28. The number of ketones is 1. The molecule has 0 spiro atoms. The lowest BCUT2D eigenvalue weighted by atomic mass is 9.78. The van der Waals surface area contributed by atoms with E-state index in [9.17, 15) is 4.79 Å². The molecule has 1 atom stereocenters. The summed E-state index contributed by atoms with van der Waals surface area (Å²) in [6.45, 7) is 5.36. The molecule has 4 rings (SSSR count). The van der Waals surface area contributed by atoms with Gasteiger partial charge in [-0.2, -0.15) is 0 Å². The summed E-state index contributed by atoms with van der Waals surface area (Å²) in [7, 11) is 0. The molecule has 1 saturated heterocycles. The molecule has 2 aliphatic heterocycles. The van der Waals surface area contributed by atoms with Gasteiger partial charge in [-0.3, -0.25) is 4.79 Å². The van der Waals surface area contributed by atoms with Gasteiger partial charge >= 0.3 is 0 Å². The number of nitrogens with zero attached hydrogens (tertiary/aromatic N) is 2. The van der Waals surface area contributed by atoms with E-state index >= 15 is 0 Å². The minimum Gasteiger partial charge on any atom is -0.329 e. The van der Waals surface area contributed by atoms with Gasteiger partial charge < -0.3 is 10.6 Å². The van der Waals surface area contributed by atoms with Gasteiger partial charge in [-0.1, -0.05) is 23.8 Å². The lowest BCUT2D eigenvalue weighted by Crippen LogP contribution is -2.40. The fourth-order valence-electron chi connectivity index (χ4n) is 3.65. The van der Waals surface area contributed by atoms with Crippen molar-refractivity contribution in [2.24, 2.45) is 16.1 Å². The van der Waals surface area contributed by atoms with Crippen LogP contribution in [0.25, 0.3) is 0 Å². The molecule has 0 unspecified atom stereocenters. The maximum atomic E-state index is 13.1. The number of benzene rings is 2. The van der Waals surface area contributed by atoms with E-state index in [2.05, 4.69) is 17.0 Å². The molecule has 0 saturated carbocycles. The summed E-state index contributed by atoms with van der Waals surface area (Å²) in [4.78, 5) is 20.2. The van der Waals surface area contributed by atoms with E-state index in [1.54, 1.807) is 0 Å². The summed E-state index contributed by atoms with van der Waals surface area (Å²) < 4.78 is 0. The second-order valence-electron chi connectivity index (χ2n) is 6.89. The van der Waals surface area contributed by atoms with Gasteiger partial charge in [0, 0.05) is 24.3 Å². The molecular weight excluding hydrogens is 298 g/mol. The molecule has 4 nitrogen and oxygen atoms in total. The fourth-order valence-corrected chi connectivity index (χ4v) is 3.65. The van der Waals surface area contributed by atoms with Crippen molar-refractivity contribution in [3.8, 4) is 0 Å². The third-order valence-corrected chi connectivity index (χ3v) is 5.19. The Morgan fingerprint density at radius 2 is 1.96 bits per heavy atom. The van der Waals surface area contributed by atoms with Crippen molar-refractivity contribution in [1.29, 1.82) is 0 Å². The molecule has 2 aliphatic rings. The number of aryl methyl sites for hydroxylation is 1. The molecule has 0 amide bonds. The minimum atomic E-state index is -0.534. The summed E-state index contributed by atoms with van der Waals surface area (Å²) >= 11 is 0. The third-order valence-electron chi connectivity index (χ3n) is 5.19. The van der Waals surface area contributed by atoms with E-state index in [0.717, 1.165) is 46.9 Å². The lowest BCUT2D eigenvalue weighted by molar-refractivity contribution is 0.0887. The number of anilines is 1. The number of Topliss-reactive ketones (excluding diaryl/α,β-unsaturated/α-hetero) is 1. The lowest BCUT2D eigenvalue weighted by Gasteiger charge is -2.31. The molecule has 2 heterocycles. The van der Waals surface area contributed by atoms with Crippen molar-refractivity contribution >= 4 is 23.0 Å². The van der Waals surface area contributed by atoms with Crippen LogP contribution in [0.3, 0.4) is 0 Å². The van der Waals surface area contributed by atoms with Gasteiger partial charge in [-0.25, -0.2) is 4.99 Å². The Labute approximate surface area is 142 Å². The molecule has 0 radical (unpaired) electrons. The molecule has 2 aromatic carbocycles. The van der Waals surface area contributed by atoms with Gasteiger partial charge in [0.05, 0.1) is 11.1 Å². The van der Waals surface area contributed by atoms with Crippen LogP contribution in [0.4, 0.5) is 11.4 Å². The first-order valence-electron chi connectivity index (χ1n) is 8.34. The molecule has 0 bridgehead atoms. The highest BCUT2D eigenvalue weighted by Gasteiger charge is 2.49. The van der Waals surface area contributed by atoms with E-state index in [-0.39, 0.29) is 5.78 Å². The summed E-state index contributed by atoms with van der Waals surface area (Å²) in [5, 5.41) is 0. The molecule has 4 heteroatoms. The zero-order valence-corrected chi connectivity index (χ0v) is 14.0. The predicted molar refractivity (Wildman–Crippen MR) is 97.0 cm³/mol. The number of carbonyl (C=O) groups excluding carboxylic acids is 1. The number of aliphatic imine (C=N–C) groups is 1. The van der Waals surface area contributed by atoms with Crippen LogP contribution >= 0.6 is 0 Å². The molecular formula is C20H21N3O. The minimum absolute atomic E-state index is 0.187. The quantitative estimate of drug-likeness (QED) is 0.920. The maximum Gasteiger partial charge on any atom is 0.178 e. The Hall–Kier alpha value is -2.46. The molecule has 0 aliphatic carbocycles. The van der Waals surface area contributed by atoms with Gasteiger partial charge in [0.25, 0.3) is 0 Å². The molecule has 1 fully saturated rings. The van der Waals surface area contributed by atoms with Crippen LogP contribution in [-0.2, 0) is 6.54 Å². The first-order valence-corrected chi connectivity index (χ1v) is 8.34. The van der Waals surface area contributed by atoms with Gasteiger partial charge in [-0.15, -0.1) is 0 Å². The van der Waals surface area contributed by atoms with E-state index in [1.165, 1.54) is 0 Å². The van der Waals surface area contributed by atoms with Gasteiger partial charge in [-0.05, 0) is 50.1 Å². The first kappa shape index (κ1) is 15.1. The number of amidine groups is 1. The summed E-state index contributed by atoms with van der Waals surface area (Å²) in [5.74, 6) is 1.05. The maximum absolute atomic E-state index is 13.1. The number of carbonyl (C=O) groups is 1. The van der Waals surface area contributed by atoms with Crippen LogP contribution in [0.15, 0.2) is 47.5 Å². The Bertz CT molecular complexity index is 854. The Morgan fingerprint density at radius 3 is 2.67 bits per heavy atom. The zero-order valence-electron chi connectivity index (χ0n) is 14.0. The van der Waals surface area contributed by atoms with Crippen LogP contribution < -0.4 is 10.6 Å². The average molecular weight is 319 g/mol. The highest BCUT2D eigenvalue weighted by Crippen LogP contribution is 2.44. The molecule has 2 N–H and O–H groups in total. The van der Waals surface area contributed by atoms with Crippen molar-refractivity contribution < 1.29 is 4.79 Å². The summed E-state index contributed by atoms with van der Waals surface area (Å²) in [6, 6.07) is 14.1. The third kappa shape index (κ3) is 2.10. The highest BCUT2D eigenvalue weighted by atomic mass is 16.1. The van der Waals surface area contributed by atoms with Crippen molar-refractivity contribution in [3.05, 3.63) is 59.2 Å². The highest BCUT2D eigenvalue weighted by molar-refractivity contribution is 6.25. The molecule has 24 heavy (non-hydrogen) atoms. The second-order valence-corrected chi connectivity index (χ2v) is 6.89. The smallest absolute Gasteiger partial charge is 0.178 e. The summed E-state index contributed by atoms with van der Waals surface area (Å²) in [5.41, 5.74) is 9.94. The van der Waals surface area contributed by atoms with E-state index in [4.69, 9.17) is 10.7 Å². The van der Waals surface area contributed by atoms with Gasteiger partial charge in [0.15, 0.2) is 5.78 Å². The van der Waals surface area contributed by atoms with E-state index < -0.39 is 5.41 Å². The monoisotopic (exact) mass is 319 g/mol. The standard InChI is InChI=1S/C20H21N3O/c1-13-3-8-17-16(11-13)18(24)20(2)9-10-23(19(20)22-17)15-6-4-14(12-21)5-7-15/h3-8,11H,9-10,12,21H2,1-2H3/t20-/m0/s1. The normalized spacial score (nSPS) is 22.2.